The molecule has 2 nitrogen and oxygen atoms in total. The van der Waals surface area contributed by atoms with E-state index in [0.717, 1.165) is 12.8 Å². The van der Waals surface area contributed by atoms with E-state index in [0.29, 0.717) is 0 Å². The summed E-state index contributed by atoms with van der Waals surface area (Å²) in [5.74, 6) is 0. The fraction of sp³-hybridized carbons (Fsp3) is 1.00. The van der Waals surface area contributed by atoms with Gasteiger partial charge >= 0.3 is 0 Å². The minimum atomic E-state index is -0.0141. The Hall–Kier alpha value is 0.210. The van der Waals surface area contributed by atoms with Crippen LogP contribution in [0.4, 0.5) is 0 Å². The maximum Gasteiger partial charge on any atom is 0.182 e. The third-order valence-electron chi connectivity index (χ3n) is 2.17. The van der Waals surface area contributed by atoms with Gasteiger partial charge < -0.3 is 0 Å². The third kappa shape index (κ3) is 0.858. The van der Waals surface area contributed by atoms with E-state index in [1.807, 2.05) is 0 Å². The highest BCUT2D eigenvalue weighted by atomic mass is 35.5. The highest BCUT2D eigenvalue weighted by Gasteiger charge is 2.54. The van der Waals surface area contributed by atoms with Crippen molar-refractivity contribution in [3.05, 3.63) is 0 Å². The molecule has 1 heterocycles. The van der Waals surface area contributed by atoms with Crippen LogP contribution in [0.25, 0.3) is 0 Å². The molecule has 1 atom stereocenters. The van der Waals surface area contributed by atoms with Crippen LogP contribution in [0.2, 0.25) is 0 Å². The maximum absolute atomic E-state index is 5.63. The summed E-state index contributed by atoms with van der Waals surface area (Å²) >= 11 is 5.63. The molecule has 2 rings (SSSR count). The zero-order valence-corrected chi connectivity index (χ0v) is 6.02. The molecule has 0 bridgehead atoms. The molecule has 0 aromatic heterocycles. The van der Waals surface area contributed by atoms with Crippen molar-refractivity contribution in [1.29, 1.82) is 0 Å². The second-order valence-corrected chi connectivity index (χ2v) is 3.15. The molecule has 0 aromatic carbocycles. The summed E-state index contributed by atoms with van der Waals surface area (Å²) in [6.45, 7) is 0. The maximum atomic E-state index is 5.63. The summed E-state index contributed by atoms with van der Waals surface area (Å²) < 4.78 is 1.48. The Kier molecular flexibility index (Phi) is 1.22. The fourth-order valence-corrected chi connectivity index (χ4v) is 1.80. The second-order valence-electron chi connectivity index (χ2n) is 2.84. The first-order chi connectivity index (χ1) is 4.33. The standard InChI is InChI=1S/C6H10ClNO/c7-8-6(9-8)4-2-1-3-5-6/h1-5H2. The van der Waals surface area contributed by atoms with Crippen molar-refractivity contribution in [3.63, 3.8) is 0 Å². The molecule has 2 fully saturated rings. The zero-order chi connectivity index (χ0) is 6.32. The lowest BCUT2D eigenvalue weighted by atomic mass is 9.94. The lowest BCUT2D eigenvalue weighted by molar-refractivity contribution is 0.220. The fourth-order valence-electron chi connectivity index (χ4n) is 1.50. The Balaban J connectivity index is 1.97. The quantitative estimate of drug-likeness (QED) is 0.385. The molecule has 1 unspecified atom stereocenters. The van der Waals surface area contributed by atoms with Crippen LogP contribution in [0.5, 0.6) is 0 Å². The van der Waals surface area contributed by atoms with Gasteiger partial charge in [0.2, 0.25) is 0 Å². The minimum Gasteiger partial charge on any atom is -0.255 e. The van der Waals surface area contributed by atoms with Crippen LogP contribution in [0.15, 0.2) is 0 Å². The molecule has 0 amide bonds. The number of hydrogen-bond acceptors (Lipinski definition) is 2. The zero-order valence-electron chi connectivity index (χ0n) is 5.27. The van der Waals surface area contributed by atoms with Crippen LogP contribution in [0, 0.1) is 0 Å². The Bertz CT molecular complexity index is 122. The number of nitrogens with zero attached hydrogens (tertiary/aromatic N) is 1. The van der Waals surface area contributed by atoms with Gasteiger partial charge in [0.05, 0.1) is 0 Å². The van der Waals surface area contributed by atoms with Crippen molar-refractivity contribution in [1.82, 2.24) is 4.58 Å². The molecule has 9 heavy (non-hydrogen) atoms. The number of rotatable bonds is 0. The van der Waals surface area contributed by atoms with E-state index in [9.17, 15) is 0 Å². The summed E-state index contributed by atoms with van der Waals surface area (Å²) in [7, 11) is 0. The largest absolute Gasteiger partial charge is 0.255 e. The number of hydroxylamine groups is 1. The van der Waals surface area contributed by atoms with Crippen molar-refractivity contribution in [2.45, 2.75) is 37.8 Å². The predicted octanol–water partition coefficient (Wildman–Crippen LogP) is 2.05. The Morgan fingerprint density at radius 2 is 1.78 bits per heavy atom. The summed E-state index contributed by atoms with van der Waals surface area (Å²) in [5.41, 5.74) is -0.0141. The van der Waals surface area contributed by atoms with Gasteiger partial charge in [0, 0.05) is 11.8 Å². The highest BCUT2D eigenvalue weighted by molar-refractivity contribution is 6.14. The molecule has 0 radical (unpaired) electrons. The van der Waals surface area contributed by atoms with Crippen LogP contribution < -0.4 is 0 Å². The summed E-state index contributed by atoms with van der Waals surface area (Å²) in [4.78, 5) is 5.14. The summed E-state index contributed by atoms with van der Waals surface area (Å²) in [6.07, 6.45) is 6.12. The number of halogens is 1. The van der Waals surface area contributed by atoms with Gasteiger partial charge in [-0.05, 0) is 25.7 Å². The van der Waals surface area contributed by atoms with Crippen LogP contribution >= 0.6 is 11.8 Å². The van der Waals surface area contributed by atoms with Gasteiger partial charge in [-0.2, -0.15) is 0 Å². The van der Waals surface area contributed by atoms with E-state index in [2.05, 4.69) is 0 Å². The highest BCUT2D eigenvalue weighted by Crippen LogP contribution is 2.47. The van der Waals surface area contributed by atoms with E-state index in [1.165, 1.54) is 23.8 Å². The first-order valence-electron chi connectivity index (χ1n) is 3.49. The molecule has 1 aliphatic carbocycles. The van der Waals surface area contributed by atoms with Crippen molar-refractivity contribution in [3.8, 4) is 0 Å². The van der Waals surface area contributed by atoms with E-state index >= 15 is 0 Å². The predicted molar refractivity (Wildman–Crippen MR) is 34.6 cm³/mol. The summed E-state index contributed by atoms with van der Waals surface area (Å²) in [5, 5.41) is 0. The summed E-state index contributed by atoms with van der Waals surface area (Å²) in [6, 6.07) is 0. The third-order valence-corrected chi connectivity index (χ3v) is 2.55. The van der Waals surface area contributed by atoms with Gasteiger partial charge in [-0.25, -0.2) is 0 Å². The molecule has 2 aliphatic rings. The monoisotopic (exact) mass is 147 g/mol. The van der Waals surface area contributed by atoms with Gasteiger partial charge in [-0.3, -0.25) is 4.84 Å². The lowest BCUT2D eigenvalue weighted by Crippen LogP contribution is -2.17. The van der Waals surface area contributed by atoms with Crippen LogP contribution in [-0.4, -0.2) is 10.3 Å². The molecule has 0 aromatic rings. The van der Waals surface area contributed by atoms with Crippen molar-refractivity contribution in [2.24, 2.45) is 0 Å². The molecule has 52 valence electrons. The normalized spacial score (nSPS) is 39.0. The van der Waals surface area contributed by atoms with Crippen molar-refractivity contribution in [2.75, 3.05) is 0 Å². The second kappa shape index (κ2) is 1.84. The molecule has 1 saturated carbocycles. The molecule has 1 aliphatic heterocycles. The topological polar surface area (TPSA) is 15.5 Å². The smallest absolute Gasteiger partial charge is 0.182 e. The molecular formula is C6H10ClNO. The molecule has 1 spiro atoms. The Labute approximate surface area is 59.8 Å². The van der Waals surface area contributed by atoms with Gasteiger partial charge in [0.1, 0.15) is 0 Å². The van der Waals surface area contributed by atoms with Gasteiger partial charge in [-0.15, -0.1) is 0 Å². The first-order valence-corrected chi connectivity index (χ1v) is 3.82. The van der Waals surface area contributed by atoms with Crippen LogP contribution in [0.1, 0.15) is 32.1 Å². The lowest BCUT2D eigenvalue weighted by Gasteiger charge is -2.14. The molecular weight excluding hydrogens is 138 g/mol. The Morgan fingerprint density at radius 1 is 1.22 bits per heavy atom. The first kappa shape index (κ1) is 5.96. The van der Waals surface area contributed by atoms with Crippen molar-refractivity contribution < 1.29 is 4.84 Å². The van der Waals surface area contributed by atoms with Crippen molar-refractivity contribution >= 4 is 11.8 Å². The van der Waals surface area contributed by atoms with Gasteiger partial charge in [0.25, 0.3) is 0 Å². The average molecular weight is 148 g/mol. The Morgan fingerprint density at radius 3 is 2.11 bits per heavy atom. The van der Waals surface area contributed by atoms with Gasteiger partial charge in [-0.1, -0.05) is 11.0 Å². The average Bonchev–Trinajstić information content (AvgIpc) is 2.44. The molecule has 0 N–H and O–H groups in total. The van der Waals surface area contributed by atoms with Crippen LogP contribution in [0.3, 0.4) is 0 Å². The number of hydrogen-bond donors (Lipinski definition) is 0. The van der Waals surface area contributed by atoms with Gasteiger partial charge in [0.15, 0.2) is 5.72 Å². The van der Waals surface area contributed by atoms with E-state index in [4.69, 9.17) is 16.6 Å². The van der Waals surface area contributed by atoms with E-state index in [-0.39, 0.29) is 5.72 Å². The minimum absolute atomic E-state index is 0.0141. The molecule has 1 saturated heterocycles. The van der Waals surface area contributed by atoms with Crippen LogP contribution in [-0.2, 0) is 4.84 Å². The van der Waals surface area contributed by atoms with E-state index in [1.54, 1.807) is 0 Å². The van der Waals surface area contributed by atoms with E-state index < -0.39 is 0 Å². The molecule has 3 heteroatoms. The SMILES string of the molecule is ClN1OC12CCCCC2.